The lowest BCUT2D eigenvalue weighted by Gasteiger charge is -2.35. The van der Waals surface area contributed by atoms with E-state index in [9.17, 15) is 14.4 Å². The molecule has 0 bridgehead atoms. The van der Waals surface area contributed by atoms with Crippen LogP contribution in [0.3, 0.4) is 0 Å². The average molecular weight is 607 g/mol. The van der Waals surface area contributed by atoms with Gasteiger partial charge in [0, 0.05) is 69.5 Å². The van der Waals surface area contributed by atoms with Gasteiger partial charge in [-0.05, 0) is 44.0 Å². The van der Waals surface area contributed by atoms with Crippen molar-refractivity contribution in [2.24, 2.45) is 0 Å². The van der Waals surface area contributed by atoms with E-state index >= 15 is 0 Å². The standard InChI is InChI=1S/C34H38N8O3/c1-23-8-10-24(11-9-23)29(43)13-15-31(44)41-18-16-40(17-19-41)27-12-14-30(35-22-27)37-34-36-21-25-20-28(33(45)39(2)3)42(32(25)38-34)26-6-4-5-7-26/h8-15,20-22,26H,4-7,16-19H2,1-3H3,(H,35,36,37,38)/b15-13+. The lowest BCUT2D eigenvalue weighted by atomic mass is 10.1. The Bertz CT molecular complexity index is 1730. The first-order valence-corrected chi connectivity index (χ1v) is 15.4. The Morgan fingerprint density at radius 2 is 1.64 bits per heavy atom. The highest BCUT2D eigenvalue weighted by Gasteiger charge is 2.27. The van der Waals surface area contributed by atoms with Crippen LogP contribution in [0.15, 0.2) is 67.0 Å². The third-order valence-electron chi connectivity index (χ3n) is 8.55. The Kier molecular flexibility index (Phi) is 8.59. The molecule has 45 heavy (non-hydrogen) atoms. The molecule has 1 aliphatic carbocycles. The van der Waals surface area contributed by atoms with E-state index in [1.165, 1.54) is 12.2 Å². The summed E-state index contributed by atoms with van der Waals surface area (Å²) in [4.78, 5) is 57.5. The zero-order chi connectivity index (χ0) is 31.5. The molecule has 2 fully saturated rings. The molecular weight excluding hydrogens is 568 g/mol. The van der Waals surface area contributed by atoms with Gasteiger partial charge in [-0.25, -0.2) is 9.97 Å². The van der Waals surface area contributed by atoms with Crippen molar-refractivity contribution in [3.63, 3.8) is 0 Å². The second-order valence-electron chi connectivity index (χ2n) is 11.9. The Hall–Kier alpha value is -5.06. The van der Waals surface area contributed by atoms with Gasteiger partial charge in [-0.3, -0.25) is 14.4 Å². The number of hydrogen-bond acceptors (Lipinski definition) is 8. The molecule has 1 aliphatic heterocycles. The molecule has 11 nitrogen and oxygen atoms in total. The van der Waals surface area contributed by atoms with Crippen LogP contribution in [0.2, 0.25) is 0 Å². The first kappa shape index (κ1) is 30.0. The van der Waals surface area contributed by atoms with Gasteiger partial charge in [0.2, 0.25) is 11.9 Å². The normalized spacial score (nSPS) is 15.6. The minimum Gasteiger partial charge on any atom is -0.367 e. The first-order chi connectivity index (χ1) is 21.8. The fourth-order valence-electron chi connectivity index (χ4n) is 6.01. The number of nitrogens with one attached hydrogen (secondary N) is 1. The Balaban J connectivity index is 1.08. The second kappa shape index (κ2) is 12.9. The molecule has 232 valence electrons. The molecule has 1 saturated carbocycles. The van der Waals surface area contributed by atoms with E-state index in [1.54, 1.807) is 48.4 Å². The van der Waals surface area contributed by atoms with Crippen LogP contribution < -0.4 is 10.2 Å². The van der Waals surface area contributed by atoms with Crippen LogP contribution >= 0.6 is 0 Å². The van der Waals surface area contributed by atoms with Crippen LogP contribution in [-0.2, 0) is 4.79 Å². The molecule has 1 aromatic carbocycles. The van der Waals surface area contributed by atoms with Gasteiger partial charge in [0.1, 0.15) is 17.2 Å². The summed E-state index contributed by atoms with van der Waals surface area (Å²) in [5, 5.41) is 4.06. The van der Waals surface area contributed by atoms with Crippen LogP contribution in [-0.4, -0.2) is 87.2 Å². The minimum atomic E-state index is -0.181. The maximum absolute atomic E-state index is 13.0. The Morgan fingerprint density at radius 1 is 0.911 bits per heavy atom. The van der Waals surface area contributed by atoms with Crippen LogP contribution in [0.4, 0.5) is 17.5 Å². The van der Waals surface area contributed by atoms with E-state index in [1.807, 2.05) is 37.3 Å². The number of fused-ring (bicyclic) bond motifs is 1. The number of amides is 2. The number of pyridine rings is 1. The molecular formula is C34H38N8O3. The highest BCUT2D eigenvalue weighted by atomic mass is 16.2. The van der Waals surface area contributed by atoms with Crippen molar-refractivity contribution >= 4 is 46.1 Å². The van der Waals surface area contributed by atoms with E-state index in [2.05, 4.69) is 24.8 Å². The SMILES string of the molecule is Cc1ccc(C(=O)/C=C/C(=O)N2CCN(c3ccc(Nc4ncc5cc(C(=O)N(C)C)n(C6CCCC6)c5n4)nc3)CC2)cc1. The number of allylic oxidation sites excluding steroid dienone is 1. The van der Waals surface area contributed by atoms with E-state index in [0.717, 1.165) is 48.0 Å². The van der Waals surface area contributed by atoms with Crippen molar-refractivity contribution in [2.75, 3.05) is 50.5 Å². The van der Waals surface area contributed by atoms with Gasteiger partial charge >= 0.3 is 0 Å². The van der Waals surface area contributed by atoms with Gasteiger partial charge < -0.3 is 24.6 Å². The summed E-state index contributed by atoms with van der Waals surface area (Å²) < 4.78 is 2.09. The number of nitrogens with zero attached hydrogens (tertiary/aromatic N) is 7. The summed E-state index contributed by atoms with van der Waals surface area (Å²) in [6.07, 6.45) is 10.6. The topological polar surface area (TPSA) is 117 Å². The van der Waals surface area contributed by atoms with E-state index < -0.39 is 0 Å². The van der Waals surface area contributed by atoms with E-state index in [4.69, 9.17) is 4.98 Å². The number of hydrogen-bond donors (Lipinski definition) is 1. The molecule has 0 atom stereocenters. The highest BCUT2D eigenvalue weighted by molar-refractivity contribution is 6.07. The lowest BCUT2D eigenvalue weighted by Crippen LogP contribution is -2.48. The smallest absolute Gasteiger partial charge is 0.270 e. The molecule has 0 spiro atoms. The Morgan fingerprint density at radius 3 is 2.31 bits per heavy atom. The highest BCUT2D eigenvalue weighted by Crippen LogP contribution is 2.35. The van der Waals surface area contributed by atoms with Gasteiger partial charge in [0.05, 0.1) is 11.9 Å². The average Bonchev–Trinajstić information content (AvgIpc) is 3.72. The molecule has 1 saturated heterocycles. The van der Waals surface area contributed by atoms with Crippen molar-refractivity contribution in [1.29, 1.82) is 0 Å². The van der Waals surface area contributed by atoms with Gasteiger partial charge in [-0.2, -0.15) is 4.98 Å². The molecule has 6 rings (SSSR count). The molecule has 2 aliphatic rings. The largest absolute Gasteiger partial charge is 0.367 e. The van der Waals surface area contributed by atoms with Crippen molar-refractivity contribution in [3.8, 4) is 0 Å². The molecule has 2 amide bonds. The van der Waals surface area contributed by atoms with Crippen molar-refractivity contribution < 1.29 is 14.4 Å². The molecule has 0 unspecified atom stereocenters. The van der Waals surface area contributed by atoms with Gasteiger partial charge in [0.25, 0.3) is 5.91 Å². The van der Waals surface area contributed by atoms with E-state index in [0.29, 0.717) is 49.2 Å². The zero-order valence-electron chi connectivity index (χ0n) is 25.9. The van der Waals surface area contributed by atoms with Crippen LogP contribution in [0, 0.1) is 6.92 Å². The number of anilines is 3. The molecule has 0 radical (unpaired) electrons. The fourth-order valence-corrected chi connectivity index (χ4v) is 6.01. The quantitative estimate of drug-likeness (QED) is 0.225. The van der Waals surface area contributed by atoms with Gasteiger partial charge in [0.15, 0.2) is 5.78 Å². The number of ketones is 1. The van der Waals surface area contributed by atoms with Crippen molar-refractivity contribution in [1.82, 2.24) is 29.3 Å². The maximum Gasteiger partial charge on any atom is 0.270 e. The minimum absolute atomic E-state index is 0.0402. The van der Waals surface area contributed by atoms with E-state index in [-0.39, 0.29) is 23.6 Å². The first-order valence-electron chi connectivity index (χ1n) is 15.4. The van der Waals surface area contributed by atoms with Crippen LogP contribution in [0.5, 0.6) is 0 Å². The van der Waals surface area contributed by atoms with Crippen molar-refractivity contribution in [2.45, 2.75) is 38.6 Å². The van der Waals surface area contributed by atoms with Crippen LogP contribution in [0.1, 0.15) is 58.1 Å². The summed E-state index contributed by atoms with van der Waals surface area (Å²) >= 11 is 0. The summed E-state index contributed by atoms with van der Waals surface area (Å²) in [5.74, 6) is 0.645. The van der Waals surface area contributed by atoms with Gasteiger partial charge in [-0.15, -0.1) is 0 Å². The second-order valence-corrected chi connectivity index (χ2v) is 11.9. The van der Waals surface area contributed by atoms with Crippen molar-refractivity contribution in [3.05, 3.63) is 83.8 Å². The molecule has 3 aromatic heterocycles. The van der Waals surface area contributed by atoms with Gasteiger partial charge in [-0.1, -0.05) is 42.7 Å². The molecule has 11 heteroatoms. The number of rotatable bonds is 8. The maximum atomic E-state index is 13.0. The number of aryl methyl sites for hydroxylation is 1. The Labute approximate surface area is 262 Å². The molecule has 4 aromatic rings. The number of carbonyl (C=O) groups is 3. The summed E-state index contributed by atoms with van der Waals surface area (Å²) in [7, 11) is 3.53. The summed E-state index contributed by atoms with van der Waals surface area (Å²) in [5.41, 5.74) is 4.00. The number of aromatic nitrogens is 4. The molecule has 1 N–H and O–H groups in total. The van der Waals surface area contributed by atoms with Crippen LogP contribution in [0.25, 0.3) is 11.0 Å². The summed E-state index contributed by atoms with van der Waals surface area (Å²) in [6, 6.07) is 13.3. The number of benzene rings is 1. The number of piperazine rings is 1. The predicted octanol–water partition coefficient (Wildman–Crippen LogP) is 4.78. The third kappa shape index (κ3) is 6.57. The third-order valence-corrected chi connectivity index (χ3v) is 8.55. The molecule has 4 heterocycles. The number of carbonyl (C=O) groups excluding carboxylic acids is 3. The zero-order valence-corrected chi connectivity index (χ0v) is 25.9. The summed E-state index contributed by atoms with van der Waals surface area (Å²) in [6.45, 7) is 4.38. The predicted molar refractivity (Wildman–Crippen MR) is 174 cm³/mol. The monoisotopic (exact) mass is 606 g/mol. The fraction of sp³-hybridized carbons (Fsp3) is 0.353. The lowest BCUT2D eigenvalue weighted by molar-refractivity contribution is -0.126.